The van der Waals surface area contributed by atoms with E-state index in [1.807, 2.05) is 48.5 Å². The van der Waals surface area contributed by atoms with Gasteiger partial charge in [-0.1, -0.05) is 42.5 Å². The molecule has 6 nitrogen and oxygen atoms in total. The largest absolute Gasteiger partial charge is 0.487 e. The summed E-state index contributed by atoms with van der Waals surface area (Å²) in [5.74, 6) is 0.423. The number of hydrogen-bond donors (Lipinski definition) is 3. The van der Waals surface area contributed by atoms with Crippen molar-refractivity contribution < 1.29 is 19.7 Å². The number of urea groups is 1. The third-order valence-corrected chi connectivity index (χ3v) is 4.70. The number of likely N-dealkylation sites (tertiary alicyclic amines) is 1. The predicted octanol–water partition coefficient (Wildman–Crippen LogP) is 2.33. The molecular weight excluding hydrogens is 332 g/mol. The Kier molecular flexibility index (Phi) is 6.09. The number of rotatable bonds is 6. The van der Waals surface area contributed by atoms with Crippen molar-refractivity contribution in [2.45, 2.75) is 6.61 Å². The number of amides is 2. The Morgan fingerprint density at radius 2 is 1.62 bits per heavy atom. The average molecular weight is 356 g/mol. The minimum absolute atomic E-state index is 0.0359. The van der Waals surface area contributed by atoms with Gasteiger partial charge in [0.05, 0.1) is 5.69 Å². The van der Waals surface area contributed by atoms with Crippen LogP contribution in [0, 0.1) is 11.8 Å². The molecule has 0 unspecified atom stereocenters. The zero-order valence-corrected chi connectivity index (χ0v) is 14.5. The van der Waals surface area contributed by atoms with E-state index >= 15 is 0 Å². The minimum Gasteiger partial charge on any atom is -0.487 e. The first-order valence-corrected chi connectivity index (χ1v) is 8.74. The number of aliphatic hydroxyl groups excluding tert-OH is 2. The maximum atomic E-state index is 12.6. The van der Waals surface area contributed by atoms with Crippen LogP contribution in [0.4, 0.5) is 10.5 Å². The monoisotopic (exact) mass is 356 g/mol. The molecule has 0 saturated carbocycles. The van der Waals surface area contributed by atoms with Gasteiger partial charge in [-0.2, -0.15) is 0 Å². The summed E-state index contributed by atoms with van der Waals surface area (Å²) in [6.07, 6.45) is 0. The van der Waals surface area contributed by atoms with Crippen LogP contribution in [0.5, 0.6) is 5.75 Å². The quantitative estimate of drug-likeness (QED) is 0.742. The standard InChI is InChI=1S/C20H24N2O4/c23-12-16-10-22(11-17(16)13-24)20(25)21-18-8-4-5-9-19(18)26-14-15-6-2-1-3-7-15/h1-9,16-17,23-24H,10-14H2,(H,21,25)/t16-,17-/m0/s1. The molecule has 6 heteroatoms. The van der Waals surface area contributed by atoms with Crippen molar-refractivity contribution in [1.82, 2.24) is 4.90 Å². The third kappa shape index (κ3) is 4.33. The van der Waals surface area contributed by atoms with Crippen LogP contribution >= 0.6 is 0 Å². The van der Waals surface area contributed by atoms with E-state index in [-0.39, 0.29) is 31.1 Å². The summed E-state index contributed by atoms with van der Waals surface area (Å²) >= 11 is 0. The van der Waals surface area contributed by atoms with Crippen molar-refractivity contribution >= 4 is 11.7 Å². The first-order chi connectivity index (χ1) is 12.7. The molecule has 2 aromatic rings. The van der Waals surface area contributed by atoms with Crippen molar-refractivity contribution in [3.05, 3.63) is 60.2 Å². The average Bonchev–Trinajstić information content (AvgIpc) is 3.12. The van der Waals surface area contributed by atoms with Crippen LogP contribution in [0.3, 0.4) is 0 Å². The van der Waals surface area contributed by atoms with Gasteiger partial charge < -0.3 is 25.2 Å². The predicted molar refractivity (Wildman–Crippen MR) is 99.0 cm³/mol. The number of benzene rings is 2. The van der Waals surface area contributed by atoms with E-state index in [1.165, 1.54) is 0 Å². The van der Waals surface area contributed by atoms with E-state index in [1.54, 1.807) is 11.0 Å². The number of aliphatic hydroxyl groups is 2. The second-order valence-electron chi connectivity index (χ2n) is 6.49. The molecule has 0 spiro atoms. The van der Waals surface area contributed by atoms with Crippen LogP contribution in [0.25, 0.3) is 0 Å². The van der Waals surface area contributed by atoms with Gasteiger partial charge in [-0.25, -0.2) is 4.79 Å². The number of carbonyl (C=O) groups excluding carboxylic acids is 1. The van der Waals surface area contributed by atoms with Crippen LogP contribution in [0.2, 0.25) is 0 Å². The van der Waals surface area contributed by atoms with E-state index in [0.29, 0.717) is 31.1 Å². The summed E-state index contributed by atoms with van der Waals surface area (Å²) in [5, 5.41) is 21.7. The van der Waals surface area contributed by atoms with Gasteiger partial charge in [-0.15, -0.1) is 0 Å². The molecule has 1 aliphatic heterocycles. The number of para-hydroxylation sites is 2. The summed E-state index contributed by atoms with van der Waals surface area (Å²) in [6.45, 7) is 1.20. The van der Waals surface area contributed by atoms with Crippen molar-refractivity contribution in [2.75, 3.05) is 31.6 Å². The van der Waals surface area contributed by atoms with E-state index in [9.17, 15) is 15.0 Å². The van der Waals surface area contributed by atoms with Gasteiger partial charge in [0.1, 0.15) is 12.4 Å². The highest BCUT2D eigenvalue weighted by atomic mass is 16.5. The zero-order chi connectivity index (χ0) is 18.4. The summed E-state index contributed by atoms with van der Waals surface area (Å²) in [5.41, 5.74) is 1.64. The van der Waals surface area contributed by atoms with Gasteiger partial charge in [-0.3, -0.25) is 0 Å². The molecule has 1 saturated heterocycles. The fraction of sp³-hybridized carbons (Fsp3) is 0.350. The molecule has 1 heterocycles. The molecule has 1 fully saturated rings. The number of nitrogens with zero attached hydrogens (tertiary/aromatic N) is 1. The molecule has 138 valence electrons. The normalized spacial score (nSPS) is 19.4. The molecule has 0 bridgehead atoms. The third-order valence-electron chi connectivity index (χ3n) is 4.70. The number of hydrogen-bond acceptors (Lipinski definition) is 4. The molecule has 3 N–H and O–H groups in total. The first-order valence-electron chi connectivity index (χ1n) is 8.74. The molecular formula is C20H24N2O4. The van der Waals surface area contributed by atoms with E-state index in [2.05, 4.69) is 5.32 Å². The lowest BCUT2D eigenvalue weighted by atomic mass is 9.98. The molecule has 0 aromatic heterocycles. The van der Waals surface area contributed by atoms with E-state index < -0.39 is 0 Å². The Balaban J connectivity index is 1.64. The second-order valence-corrected chi connectivity index (χ2v) is 6.49. The number of anilines is 1. The topological polar surface area (TPSA) is 82.0 Å². The minimum atomic E-state index is -0.254. The van der Waals surface area contributed by atoms with Crippen LogP contribution in [-0.4, -0.2) is 47.4 Å². The number of carbonyl (C=O) groups is 1. The molecule has 3 rings (SSSR count). The molecule has 2 atom stereocenters. The lowest BCUT2D eigenvalue weighted by Crippen LogP contribution is -2.33. The smallest absolute Gasteiger partial charge is 0.321 e. The van der Waals surface area contributed by atoms with Gasteiger partial charge in [0.25, 0.3) is 0 Å². The molecule has 26 heavy (non-hydrogen) atoms. The van der Waals surface area contributed by atoms with Crippen molar-refractivity contribution in [2.24, 2.45) is 11.8 Å². The van der Waals surface area contributed by atoms with E-state index in [4.69, 9.17) is 4.74 Å². The molecule has 1 aliphatic rings. The van der Waals surface area contributed by atoms with E-state index in [0.717, 1.165) is 5.56 Å². The van der Waals surface area contributed by atoms with Gasteiger partial charge in [0, 0.05) is 38.1 Å². The number of ether oxygens (including phenoxy) is 1. The highest BCUT2D eigenvalue weighted by Gasteiger charge is 2.34. The van der Waals surface area contributed by atoms with Gasteiger partial charge >= 0.3 is 6.03 Å². The summed E-state index contributed by atoms with van der Waals surface area (Å²) in [6, 6.07) is 16.9. The molecule has 0 radical (unpaired) electrons. The summed E-state index contributed by atoms with van der Waals surface area (Å²) in [7, 11) is 0. The Hall–Kier alpha value is -2.57. The lowest BCUT2D eigenvalue weighted by molar-refractivity contribution is 0.152. The molecule has 0 aliphatic carbocycles. The Labute approximate surface area is 153 Å². The molecule has 2 amide bonds. The van der Waals surface area contributed by atoms with Crippen LogP contribution in [0.15, 0.2) is 54.6 Å². The summed E-state index contributed by atoms with van der Waals surface area (Å²) in [4.78, 5) is 14.2. The van der Waals surface area contributed by atoms with Gasteiger partial charge in [0.15, 0.2) is 0 Å². The van der Waals surface area contributed by atoms with Gasteiger partial charge in [0.2, 0.25) is 0 Å². The van der Waals surface area contributed by atoms with Gasteiger partial charge in [-0.05, 0) is 17.7 Å². The summed E-state index contributed by atoms with van der Waals surface area (Å²) < 4.78 is 5.86. The fourth-order valence-corrected chi connectivity index (χ4v) is 3.14. The Morgan fingerprint density at radius 1 is 1.00 bits per heavy atom. The van der Waals surface area contributed by atoms with Crippen molar-refractivity contribution in [1.29, 1.82) is 0 Å². The maximum absolute atomic E-state index is 12.6. The first kappa shape index (κ1) is 18.2. The fourth-order valence-electron chi connectivity index (χ4n) is 3.14. The number of nitrogens with one attached hydrogen (secondary N) is 1. The highest BCUT2D eigenvalue weighted by molar-refractivity contribution is 5.91. The van der Waals surface area contributed by atoms with Crippen molar-refractivity contribution in [3.63, 3.8) is 0 Å². The lowest BCUT2D eigenvalue weighted by Gasteiger charge is -2.19. The van der Waals surface area contributed by atoms with Crippen molar-refractivity contribution in [3.8, 4) is 5.75 Å². The molecule has 2 aromatic carbocycles. The Bertz CT molecular complexity index is 711. The van der Waals surface area contributed by atoms with Crippen LogP contribution in [-0.2, 0) is 6.61 Å². The maximum Gasteiger partial charge on any atom is 0.321 e. The Morgan fingerprint density at radius 3 is 2.27 bits per heavy atom. The zero-order valence-electron chi connectivity index (χ0n) is 14.5. The van der Waals surface area contributed by atoms with Crippen LogP contribution < -0.4 is 10.1 Å². The SMILES string of the molecule is O=C(Nc1ccccc1OCc1ccccc1)N1C[C@@H](CO)[C@H](CO)C1. The highest BCUT2D eigenvalue weighted by Crippen LogP contribution is 2.27. The van der Waals surface area contributed by atoms with Crippen LogP contribution in [0.1, 0.15) is 5.56 Å². The second kappa shape index (κ2) is 8.69.